The molecule has 4 heterocycles. The highest BCUT2D eigenvalue weighted by Gasteiger charge is 2.30. The number of carbonyl (C=O) groups is 1. The van der Waals surface area contributed by atoms with Crippen molar-refractivity contribution in [1.82, 2.24) is 24.8 Å². The van der Waals surface area contributed by atoms with Crippen LogP contribution in [-0.2, 0) is 6.54 Å². The Morgan fingerprint density at radius 2 is 2.11 bits per heavy atom. The minimum absolute atomic E-state index is 0.0905. The van der Waals surface area contributed by atoms with Crippen LogP contribution in [0.3, 0.4) is 0 Å². The smallest absolute Gasteiger partial charge is 0.254 e. The zero-order chi connectivity index (χ0) is 23.9. The van der Waals surface area contributed by atoms with E-state index in [0.717, 1.165) is 58.5 Å². The zero-order valence-electron chi connectivity index (χ0n) is 19.1. The number of nitrogens with zero attached hydrogens (tertiary/aromatic N) is 5. The van der Waals surface area contributed by atoms with Crippen molar-refractivity contribution in [3.8, 4) is 5.75 Å². The lowest BCUT2D eigenvalue weighted by atomic mass is 9.94. The number of rotatable bonds is 7. The molecule has 2 atom stereocenters. The van der Waals surface area contributed by atoms with Crippen LogP contribution in [0.15, 0.2) is 43.0 Å². The van der Waals surface area contributed by atoms with Gasteiger partial charge in [-0.05, 0) is 30.5 Å². The number of ether oxygens (including phenoxy) is 1. The first-order valence-electron chi connectivity index (χ1n) is 11.8. The summed E-state index contributed by atoms with van der Waals surface area (Å²) in [5.74, 6) is 1.40. The number of fused-ring (bicyclic) bond motifs is 1. The Morgan fingerprint density at radius 1 is 1.20 bits per heavy atom. The number of anilines is 1. The van der Waals surface area contributed by atoms with E-state index in [9.17, 15) is 15.0 Å². The SMILES string of the molecule is O=C1c2cccc3c(OC[C@H]4CCCN4c4ncnc5[nH]cnc45)ccc(c23)CN1CC(O)CO. The number of aromatic nitrogens is 4. The molecule has 10 heteroatoms. The van der Waals surface area contributed by atoms with E-state index in [1.165, 1.54) is 0 Å². The van der Waals surface area contributed by atoms with E-state index < -0.39 is 6.10 Å². The van der Waals surface area contributed by atoms with Crippen LogP contribution in [0.5, 0.6) is 5.75 Å². The molecule has 35 heavy (non-hydrogen) atoms. The minimum Gasteiger partial charge on any atom is -0.491 e. The highest BCUT2D eigenvalue weighted by atomic mass is 16.5. The quantitative estimate of drug-likeness (QED) is 0.370. The monoisotopic (exact) mass is 474 g/mol. The number of hydrogen-bond acceptors (Lipinski definition) is 8. The number of hydrogen-bond donors (Lipinski definition) is 3. The Balaban J connectivity index is 1.26. The average Bonchev–Trinajstić information content (AvgIpc) is 3.55. The molecule has 3 N–H and O–H groups in total. The molecular formula is C25H26N6O4. The molecule has 2 aromatic carbocycles. The van der Waals surface area contributed by atoms with Crippen molar-refractivity contribution in [2.75, 3.05) is 31.2 Å². The van der Waals surface area contributed by atoms with Crippen LogP contribution in [-0.4, -0.2) is 79.4 Å². The van der Waals surface area contributed by atoms with Crippen LogP contribution >= 0.6 is 0 Å². The summed E-state index contributed by atoms with van der Waals surface area (Å²) in [5.41, 5.74) is 3.06. The fraction of sp³-hybridized carbons (Fsp3) is 0.360. The summed E-state index contributed by atoms with van der Waals surface area (Å²) in [4.78, 5) is 33.1. The molecule has 0 saturated carbocycles. The first-order chi connectivity index (χ1) is 17.1. The van der Waals surface area contributed by atoms with Crippen molar-refractivity contribution in [3.05, 3.63) is 54.1 Å². The fourth-order valence-electron chi connectivity index (χ4n) is 5.23. The maximum atomic E-state index is 13.1. The Kier molecular flexibility index (Phi) is 5.46. The van der Waals surface area contributed by atoms with Gasteiger partial charge in [-0.1, -0.05) is 18.2 Å². The number of aliphatic hydroxyl groups is 2. The maximum Gasteiger partial charge on any atom is 0.254 e. The van der Waals surface area contributed by atoms with Crippen molar-refractivity contribution in [2.45, 2.75) is 31.5 Å². The number of imidazole rings is 1. The molecule has 0 aliphatic carbocycles. The first kappa shape index (κ1) is 21.8. The molecule has 1 unspecified atom stereocenters. The molecule has 0 spiro atoms. The van der Waals surface area contributed by atoms with Crippen molar-refractivity contribution >= 4 is 33.7 Å². The normalized spacial score (nSPS) is 18.6. The molecule has 6 rings (SSSR count). The predicted octanol–water partition coefficient (Wildman–Crippen LogP) is 1.86. The third-order valence-corrected chi connectivity index (χ3v) is 6.89. The Labute approximate surface area is 201 Å². The van der Waals surface area contributed by atoms with Gasteiger partial charge in [0.05, 0.1) is 25.1 Å². The first-order valence-corrected chi connectivity index (χ1v) is 11.8. The minimum atomic E-state index is -0.964. The zero-order valence-corrected chi connectivity index (χ0v) is 19.1. The summed E-state index contributed by atoms with van der Waals surface area (Å²) in [6.45, 7) is 1.45. The fourth-order valence-corrected chi connectivity index (χ4v) is 5.23. The van der Waals surface area contributed by atoms with Gasteiger partial charge >= 0.3 is 0 Å². The number of carbonyl (C=O) groups excluding carboxylic acids is 1. The summed E-state index contributed by atoms with van der Waals surface area (Å²) >= 11 is 0. The van der Waals surface area contributed by atoms with E-state index in [1.807, 2.05) is 24.3 Å². The Morgan fingerprint density at radius 3 is 3.00 bits per heavy atom. The summed E-state index contributed by atoms with van der Waals surface area (Å²) in [7, 11) is 0. The molecule has 2 aliphatic heterocycles. The third kappa shape index (κ3) is 3.75. The van der Waals surface area contributed by atoms with Gasteiger partial charge < -0.3 is 29.7 Å². The molecule has 2 aromatic heterocycles. The van der Waals surface area contributed by atoms with Gasteiger partial charge in [-0.2, -0.15) is 0 Å². The number of β-amino-alcohol motifs (C(OH)–C–C–N with tert-alkyl or cyclic N) is 1. The van der Waals surface area contributed by atoms with Crippen LogP contribution in [0.4, 0.5) is 5.82 Å². The molecule has 0 bridgehead atoms. The Bertz CT molecular complexity index is 1410. The number of nitrogens with one attached hydrogen (secondary N) is 1. The van der Waals surface area contributed by atoms with E-state index >= 15 is 0 Å². The van der Waals surface area contributed by atoms with Crippen LogP contribution in [0, 0.1) is 0 Å². The van der Waals surface area contributed by atoms with Crippen molar-refractivity contribution < 1.29 is 19.7 Å². The van der Waals surface area contributed by atoms with E-state index in [0.29, 0.717) is 18.7 Å². The van der Waals surface area contributed by atoms with Crippen molar-refractivity contribution in [3.63, 3.8) is 0 Å². The van der Waals surface area contributed by atoms with Crippen molar-refractivity contribution in [1.29, 1.82) is 0 Å². The molecule has 2 aliphatic rings. The lowest BCUT2D eigenvalue weighted by Crippen LogP contribution is -2.40. The molecule has 0 radical (unpaired) electrons. The lowest BCUT2D eigenvalue weighted by Gasteiger charge is -2.31. The summed E-state index contributed by atoms with van der Waals surface area (Å²) < 4.78 is 6.36. The molecular weight excluding hydrogens is 448 g/mol. The predicted molar refractivity (Wildman–Crippen MR) is 129 cm³/mol. The van der Waals surface area contributed by atoms with E-state index in [2.05, 4.69) is 24.8 Å². The molecule has 10 nitrogen and oxygen atoms in total. The van der Waals surface area contributed by atoms with E-state index in [1.54, 1.807) is 23.6 Å². The van der Waals surface area contributed by atoms with Crippen molar-refractivity contribution in [2.24, 2.45) is 0 Å². The van der Waals surface area contributed by atoms with Crippen LogP contribution in [0.2, 0.25) is 0 Å². The molecule has 1 saturated heterocycles. The second kappa shape index (κ2) is 8.79. The highest BCUT2D eigenvalue weighted by molar-refractivity contribution is 6.11. The van der Waals surface area contributed by atoms with Gasteiger partial charge in [-0.3, -0.25) is 4.79 Å². The summed E-state index contributed by atoms with van der Waals surface area (Å²) in [6, 6.07) is 9.72. The summed E-state index contributed by atoms with van der Waals surface area (Å²) in [6.07, 6.45) is 4.25. The number of H-pyrrole nitrogens is 1. The molecule has 1 amide bonds. The average molecular weight is 475 g/mol. The topological polar surface area (TPSA) is 128 Å². The van der Waals surface area contributed by atoms with Gasteiger partial charge in [0, 0.05) is 36.0 Å². The van der Waals surface area contributed by atoms with Gasteiger partial charge in [0.15, 0.2) is 11.5 Å². The van der Waals surface area contributed by atoms with Crippen LogP contribution in [0.25, 0.3) is 21.9 Å². The number of benzene rings is 2. The van der Waals surface area contributed by atoms with Gasteiger partial charge in [-0.25, -0.2) is 15.0 Å². The number of aromatic amines is 1. The third-order valence-electron chi connectivity index (χ3n) is 6.89. The second-order valence-electron chi connectivity index (χ2n) is 9.07. The van der Waals surface area contributed by atoms with Crippen LogP contribution in [0.1, 0.15) is 28.8 Å². The maximum absolute atomic E-state index is 13.1. The molecule has 180 valence electrons. The van der Waals surface area contributed by atoms with Gasteiger partial charge in [0.2, 0.25) is 0 Å². The molecule has 1 fully saturated rings. The van der Waals surface area contributed by atoms with Gasteiger partial charge in [-0.15, -0.1) is 0 Å². The standard InChI is InChI=1S/C25H26N6O4/c32-11-17(33)10-30-9-15-6-7-20(18-4-1-5-19(21(15)18)25(30)34)35-12-16-3-2-8-31(16)24-22-23(27-13-26-22)28-14-29-24/h1,4-7,13-14,16-17,32-33H,2-3,8-12H2,(H,26,27,28,29)/t16-,17?/m1/s1. The summed E-state index contributed by atoms with van der Waals surface area (Å²) in [5, 5.41) is 20.8. The van der Waals surface area contributed by atoms with E-state index in [-0.39, 0.29) is 25.1 Å². The largest absolute Gasteiger partial charge is 0.491 e. The number of aliphatic hydroxyl groups excluding tert-OH is 2. The van der Waals surface area contributed by atoms with E-state index in [4.69, 9.17) is 4.74 Å². The molecule has 4 aromatic rings. The highest BCUT2D eigenvalue weighted by Crippen LogP contribution is 2.36. The van der Waals surface area contributed by atoms with Crippen LogP contribution < -0.4 is 9.64 Å². The van der Waals surface area contributed by atoms with Gasteiger partial charge in [0.25, 0.3) is 5.91 Å². The Hall–Kier alpha value is -3.76. The van der Waals surface area contributed by atoms with Gasteiger partial charge in [0.1, 0.15) is 24.2 Å². The number of amides is 1. The lowest BCUT2D eigenvalue weighted by molar-refractivity contribution is 0.0434. The second-order valence-corrected chi connectivity index (χ2v) is 9.07.